The van der Waals surface area contributed by atoms with E-state index >= 15 is 0 Å². The van der Waals surface area contributed by atoms with Gasteiger partial charge < -0.3 is 19.7 Å². The largest absolute Gasteiger partial charge is 0.497 e. The normalized spacial score (nSPS) is 12.6. The van der Waals surface area contributed by atoms with E-state index in [4.69, 9.17) is 9.47 Å². The van der Waals surface area contributed by atoms with Crippen LogP contribution in [0.3, 0.4) is 0 Å². The molecule has 0 radical (unpaired) electrons. The van der Waals surface area contributed by atoms with Gasteiger partial charge in [-0.05, 0) is 80.8 Å². The van der Waals surface area contributed by atoms with Crippen molar-refractivity contribution in [3.05, 3.63) is 83.9 Å². The molecule has 0 saturated heterocycles. The molecule has 9 nitrogen and oxygen atoms in total. The molecule has 1 N–H and O–H groups in total. The second-order valence-electron chi connectivity index (χ2n) is 10.1. The van der Waals surface area contributed by atoms with Crippen molar-refractivity contribution in [1.29, 1.82) is 0 Å². The number of carbonyl (C=O) groups is 2. The Bertz CT molecular complexity index is 1440. The molecule has 0 aliphatic heterocycles. The number of methoxy groups -OCH3 is 2. The molecular weight excluding hydrogens is 554 g/mol. The first-order chi connectivity index (χ1) is 20.0. The molecule has 226 valence electrons. The molecule has 10 heteroatoms. The summed E-state index contributed by atoms with van der Waals surface area (Å²) in [4.78, 5) is 29.0. The molecule has 0 saturated carbocycles. The number of sulfonamides is 1. The number of benzene rings is 3. The van der Waals surface area contributed by atoms with Crippen LogP contribution in [0.15, 0.2) is 77.7 Å². The molecule has 3 aromatic rings. The molecule has 2 amide bonds. The van der Waals surface area contributed by atoms with E-state index in [2.05, 4.69) is 5.32 Å². The standard InChI is InChI=1S/C32H41N3O6S/c1-7-24(4)33-32(37)30(8-2)34(21-25-10-9-11-28(20-25)41-6)31(36)22-35(26-14-12-23(3)13-15-26)42(38,39)29-18-16-27(40-5)17-19-29/h9-20,24,30H,7-8,21-22H2,1-6H3,(H,33,37)/t24-,30+/m0/s1. The summed E-state index contributed by atoms with van der Waals surface area (Å²) >= 11 is 0. The lowest BCUT2D eigenvalue weighted by atomic mass is 10.1. The van der Waals surface area contributed by atoms with Crippen molar-refractivity contribution in [3.8, 4) is 11.5 Å². The Balaban J connectivity index is 2.06. The van der Waals surface area contributed by atoms with Crippen LogP contribution in [0.5, 0.6) is 11.5 Å². The predicted molar refractivity (Wildman–Crippen MR) is 164 cm³/mol. The number of nitrogens with one attached hydrogen (secondary N) is 1. The van der Waals surface area contributed by atoms with E-state index in [0.717, 1.165) is 21.9 Å². The maximum Gasteiger partial charge on any atom is 0.264 e. The van der Waals surface area contributed by atoms with Crippen LogP contribution in [-0.4, -0.2) is 58.0 Å². The van der Waals surface area contributed by atoms with Gasteiger partial charge >= 0.3 is 0 Å². The van der Waals surface area contributed by atoms with Gasteiger partial charge in [-0.15, -0.1) is 0 Å². The van der Waals surface area contributed by atoms with E-state index < -0.39 is 28.5 Å². The lowest BCUT2D eigenvalue weighted by Crippen LogP contribution is -2.53. The zero-order valence-corrected chi connectivity index (χ0v) is 26.0. The monoisotopic (exact) mass is 595 g/mol. The van der Waals surface area contributed by atoms with Gasteiger partial charge in [0.05, 0.1) is 24.8 Å². The first-order valence-corrected chi connectivity index (χ1v) is 15.4. The summed E-state index contributed by atoms with van der Waals surface area (Å²) in [5.41, 5.74) is 2.03. The van der Waals surface area contributed by atoms with E-state index in [-0.39, 0.29) is 23.4 Å². The highest BCUT2D eigenvalue weighted by molar-refractivity contribution is 7.92. The maximum absolute atomic E-state index is 14.2. The minimum atomic E-state index is -4.17. The van der Waals surface area contributed by atoms with Gasteiger partial charge in [0, 0.05) is 12.6 Å². The number of aryl methyl sites for hydroxylation is 1. The van der Waals surface area contributed by atoms with Crippen molar-refractivity contribution in [1.82, 2.24) is 10.2 Å². The first kappa shape index (κ1) is 32.5. The topological polar surface area (TPSA) is 105 Å². The fourth-order valence-corrected chi connectivity index (χ4v) is 5.86. The molecule has 3 aromatic carbocycles. The number of amides is 2. The number of hydrogen-bond acceptors (Lipinski definition) is 6. The predicted octanol–water partition coefficient (Wildman–Crippen LogP) is 4.93. The number of nitrogens with zero attached hydrogens (tertiary/aromatic N) is 2. The van der Waals surface area contributed by atoms with Gasteiger partial charge in [0.15, 0.2) is 0 Å². The fraction of sp³-hybridized carbons (Fsp3) is 0.375. The van der Waals surface area contributed by atoms with Crippen LogP contribution in [0.1, 0.15) is 44.7 Å². The van der Waals surface area contributed by atoms with Crippen molar-refractivity contribution < 1.29 is 27.5 Å². The van der Waals surface area contributed by atoms with Crippen molar-refractivity contribution in [2.75, 3.05) is 25.1 Å². The van der Waals surface area contributed by atoms with Gasteiger partial charge in [-0.3, -0.25) is 13.9 Å². The molecular formula is C32H41N3O6S. The van der Waals surface area contributed by atoms with Gasteiger partial charge in [-0.25, -0.2) is 8.42 Å². The molecule has 2 atom stereocenters. The van der Waals surface area contributed by atoms with Crippen LogP contribution in [0, 0.1) is 6.92 Å². The summed E-state index contributed by atoms with van der Waals surface area (Å²) in [6, 6.07) is 19.3. The highest BCUT2D eigenvalue weighted by Crippen LogP contribution is 2.27. The Hall–Kier alpha value is -4.05. The van der Waals surface area contributed by atoms with Crippen LogP contribution < -0.4 is 19.1 Å². The fourth-order valence-electron chi connectivity index (χ4n) is 4.44. The average Bonchev–Trinajstić information content (AvgIpc) is 3.00. The zero-order chi connectivity index (χ0) is 30.9. The Morgan fingerprint density at radius 1 is 0.881 bits per heavy atom. The molecule has 0 spiro atoms. The molecule has 0 unspecified atom stereocenters. The smallest absolute Gasteiger partial charge is 0.264 e. The third-order valence-corrected chi connectivity index (χ3v) is 8.91. The Kier molecular flexibility index (Phi) is 11.4. The van der Waals surface area contributed by atoms with Crippen LogP contribution in [0.2, 0.25) is 0 Å². The summed E-state index contributed by atoms with van der Waals surface area (Å²) in [5, 5.41) is 2.98. The van der Waals surface area contributed by atoms with E-state index in [0.29, 0.717) is 23.6 Å². The van der Waals surface area contributed by atoms with Gasteiger partial charge in [0.2, 0.25) is 11.8 Å². The summed E-state index contributed by atoms with van der Waals surface area (Å²) < 4.78 is 39.6. The second kappa shape index (κ2) is 14.7. The van der Waals surface area contributed by atoms with Crippen molar-refractivity contribution >= 4 is 27.5 Å². The number of anilines is 1. The minimum absolute atomic E-state index is 0.0116. The Morgan fingerprint density at radius 2 is 1.52 bits per heavy atom. The zero-order valence-electron chi connectivity index (χ0n) is 25.2. The lowest BCUT2D eigenvalue weighted by Gasteiger charge is -2.33. The number of hydrogen-bond donors (Lipinski definition) is 1. The average molecular weight is 596 g/mol. The van der Waals surface area contributed by atoms with Crippen molar-refractivity contribution in [3.63, 3.8) is 0 Å². The molecule has 0 aliphatic carbocycles. The summed E-state index contributed by atoms with van der Waals surface area (Å²) in [5.74, 6) is 0.319. The molecule has 0 fully saturated rings. The molecule has 0 aromatic heterocycles. The van der Waals surface area contributed by atoms with Gasteiger partial charge in [-0.1, -0.05) is 43.7 Å². The van der Waals surface area contributed by atoms with Crippen molar-refractivity contribution in [2.45, 2.75) is 64.1 Å². The first-order valence-electron chi connectivity index (χ1n) is 14.0. The third kappa shape index (κ3) is 8.03. The van der Waals surface area contributed by atoms with Crippen LogP contribution in [0.25, 0.3) is 0 Å². The number of ether oxygens (including phenoxy) is 2. The van der Waals surface area contributed by atoms with E-state index in [1.165, 1.54) is 24.1 Å². The van der Waals surface area contributed by atoms with E-state index in [9.17, 15) is 18.0 Å². The minimum Gasteiger partial charge on any atom is -0.497 e. The third-order valence-electron chi connectivity index (χ3n) is 7.12. The van der Waals surface area contributed by atoms with Gasteiger partial charge in [0.25, 0.3) is 10.0 Å². The number of rotatable bonds is 14. The summed E-state index contributed by atoms with van der Waals surface area (Å²) in [6.07, 6.45) is 1.07. The molecule has 0 aliphatic rings. The maximum atomic E-state index is 14.2. The van der Waals surface area contributed by atoms with E-state index in [1.807, 2.05) is 39.8 Å². The Labute approximate surface area is 249 Å². The quantitative estimate of drug-likeness (QED) is 0.283. The molecule has 0 heterocycles. The van der Waals surface area contributed by atoms with E-state index in [1.54, 1.807) is 55.6 Å². The SMILES string of the molecule is CC[C@H](C(=O)N[C@@H](C)CC)N(Cc1cccc(OC)c1)C(=O)CN(c1ccc(C)cc1)S(=O)(=O)c1ccc(OC)cc1. The van der Waals surface area contributed by atoms with Crippen molar-refractivity contribution in [2.24, 2.45) is 0 Å². The van der Waals surface area contributed by atoms with Gasteiger partial charge in [0.1, 0.15) is 24.1 Å². The van der Waals surface area contributed by atoms with Crippen LogP contribution in [-0.2, 0) is 26.2 Å². The van der Waals surface area contributed by atoms with Crippen LogP contribution in [0.4, 0.5) is 5.69 Å². The highest BCUT2D eigenvalue weighted by atomic mass is 32.2. The highest BCUT2D eigenvalue weighted by Gasteiger charge is 2.34. The molecule has 42 heavy (non-hydrogen) atoms. The van der Waals surface area contributed by atoms with Crippen LogP contribution >= 0.6 is 0 Å². The second-order valence-corrected chi connectivity index (χ2v) is 12.0. The lowest BCUT2D eigenvalue weighted by molar-refractivity contribution is -0.140. The number of carbonyl (C=O) groups excluding carboxylic acids is 2. The summed E-state index contributed by atoms with van der Waals surface area (Å²) in [7, 11) is -1.12. The molecule has 0 bridgehead atoms. The summed E-state index contributed by atoms with van der Waals surface area (Å²) in [6.45, 7) is 7.18. The Morgan fingerprint density at radius 3 is 2.10 bits per heavy atom. The van der Waals surface area contributed by atoms with Gasteiger partial charge in [-0.2, -0.15) is 0 Å². The molecule has 3 rings (SSSR count).